The smallest absolute Gasteiger partial charge is 0.0352 e. The van der Waals surface area contributed by atoms with E-state index in [-0.39, 0.29) is 0 Å². The van der Waals surface area contributed by atoms with Crippen LogP contribution in [-0.4, -0.2) is 0 Å². The van der Waals surface area contributed by atoms with E-state index >= 15 is 0 Å². The lowest BCUT2D eigenvalue weighted by molar-refractivity contribution is 1.01. The van der Waals surface area contributed by atoms with Gasteiger partial charge in [-0.25, -0.2) is 0 Å². The van der Waals surface area contributed by atoms with Gasteiger partial charge in [-0.2, -0.15) is 0 Å². The van der Waals surface area contributed by atoms with Crippen LogP contribution in [0.4, 0.5) is 0 Å². The molecule has 0 bridgehead atoms. The van der Waals surface area contributed by atoms with Gasteiger partial charge in [-0.05, 0) is 39.9 Å². The van der Waals surface area contributed by atoms with Gasteiger partial charge in [0.15, 0.2) is 0 Å². The second-order valence-corrected chi connectivity index (χ2v) is 6.08. The van der Waals surface area contributed by atoms with Gasteiger partial charge in [0.2, 0.25) is 0 Å². The van der Waals surface area contributed by atoms with E-state index in [0.717, 1.165) is 4.47 Å². The Kier molecular flexibility index (Phi) is 2.75. The Morgan fingerprint density at radius 1 is 0.650 bits per heavy atom. The standard InChI is InChI=1S/C19H13Br/c20-14-10-11-16-15-8-4-5-9-17(15)19(18(16)12-14)13-6-2-1-3-7-13/h1-12,19H. The van der Waals surface area contributed by atoms with Gasteiger partial charge < -0.3 is 0 Å². The summed E-state index contributed by atoms with van der Waals surface area (Å²) in [6.45, 7) is 0. The molecule has 3 aromatic carbocycles. The molecule has 0 N–H and O–H groups in total. The quantitative estimate of drug-likeness (QED) is 0.427. The molecule has 1 aliphatic carbocycles. The Labute approximate surface area is 127 Å². The van der Waals surface area contributed by atoms with Crippen LogP contribution in [0.3, 0.4) is 0 Å². The zero-order valence-corrected chi connectivity index (χ0v) is 12.5. The maximum atomic E-state index is 3.61. The molecular formula is C19H13Br. The lowest BCUT2D eigenvalue weighted by Crippen LogP contribution is -1.98. The SMILES string of the molecule is Brc1ccc2c(c1)C(c1ccccc1)c1ccccc1-2. The fourth-order valence-corrected chi connectivity index (χ4v) is 3.56. The second kappa shape index (κ2) is 4.60. The van der Waals surface area contributed by atoms with Crippen LogP contribution in [0.25, 0.3) is 11.1 Å². The molecule has 0 amide bonds. The van der Waals surface area contributed by atoms with Crippen LogP contribution in [-0.2, 0) is 0 Å². The van der Waals surface area contributed by atoms with Crippen molar-refractivity contribution in [1.29, 1.82) is 0 Å². The predicted octanol–water partition coefficient (Wildman–Crippen LogP) is 5.61. The molecule has 96 valence electrons. The van der Waals surface area contributed by atoms with E-state index in [1.807, 2.05) is 0 Å². The highest BCUT2D eigenvalue weighted by Gasteiger charge is 2.29. The first-order valence-electron chi connectivity index (χ1n) is 6.78. The Hall–Kier alpha value is -1.86. The van der Waals surface area contributed by atoms with Crippen molar-refractivity contribution < 1.29 is 0 Å². The number of halogens is 1. The Balaban J connectivity index is 2.02. The summed E-state index contributed by atoms with van der Waals surface area (Å²) in [4.78, 5) is 0. The molecule has 0 fully saturated rings. The molecule has 4 rings (SSSR count). The summed E-state index contributed by atoms with van der Waals surface area (Å²) in [6.07, 6.45) is 0. The molecule has 0 spiro atoms. The van der Waals surface area contributed by atoms with Crippen molar-refractivity contribution in [2.24, 2.45) is 0 Å². The highest BCUT2D eigenvalue weighted by Crippen LogP contribution is 2.48. The fraction of sp³-hybridized carbons (Fsp3) is 0.0526. The number of rotatable bonds is 1. The number of hydrogen-bond donors (Lipinski definition) is 0. The van der Waals surface area contributed by atoms with Crippen LogP contribution < -0.4 is 0 Å². The van der Waals surface area contributed by atoms with E-state index in [9.17, 15) is 0 Å². The van der Waals surface area contributed by atoms with Crippen molar-refractivity contribution >= 4 is 15.9 Å². The lowest BCUT2D eigenvalue weighted by atomic mass is 9.89. The van der Waals surface area contributed by atoms with E-state index in [0.29, 0.717) is 5.92 Å². The molecule has 0 heterocycles. The summed E-state index contributed by atoms with van der Waals surface area (Å²) in [5.41, 5.74) is 6.89. The van der Waals surface area contributed by atoms with E-state index in [4.69, 9.17) is 0 Å². The van der Waals surface area contributed by atoms with Crippen LogP contribution in [0.2, 0.25) is 0 Å². The monoisotopic (exact) mass is 320 g/mol. The Morgan fingerprint density at radius 2 is 1.35 bits per heavy atom. The molecule has 1 unspecified atom stereocenters. The molecule has 1 aliphatic rings. The molecule has 0 saturated heterocycles. The van der Waals surface area contributed by atoms with Gasteiger partial charge in [-0.3, -0.25) is 0 Å². The van der Waals surface area contributed by atoms with Crippen molar-refractivity contribution in [3.05, 3.63) is 94.0 Å². The summed E-state index contributed by atoms with van der Waals surface area (Å²) in [5.74, 6) is 0.347. The maximum Gasteiger partial charge on any atom is 0.0352 e. The third-order valence-corrected chi connectivity index (χ3v) is 4.51. The Morgan fingerprint density at radius 3 is 2.20 bits per heavy atom. The average Bonchev–Trinajstić information content (AvgIpc) is 2.81. The number of fused-ring (bicyclic) bond motifs is 3. The zero-order valence-electron chi connectivity index (χ0n) is 10.9. The molecule has 1 heteroatoms. The topological polar surface area (TPSA) is 0 Å². The van der Waals surface area contributed by atoms with Gasteiger partial charge in [0, 0.05) is 10.4 Å². The summed E-state index contributed by atoms with van der Waals surface area (Å²) in [6, 6.07) is 26.1. The minimum atomic E-state index is 0.347. The van der Waals surface area contributed by atoms with Crippen LogP contribution in [0.1, 0.15) is 22.6 Å². The van der Waals surface area contributed by atoms with Crippen LogP contribution in [0.15, 0.2) is 77.3 Å². The lowest BCUT2D eigenvalue weighted by Gasteiger charge is -2.14. The third-order valence-electron chi connectivity index (χ3n) is 4.02. The molecule has 20 heavy (non-hydrogen) atoms. The van der Waals surface area contributed by atoms with Crippen molar-refractivity contribution in [1.82, 2.24) is 0 Å². The molecule has 0 nitrogen and oxygen atoms in total. The first kappa shape index (κ1) is 11.9. The summed E-state index contributed by atoms with van der Waals surface area (Å²) in [5, 5.41) is 0. The molecule has 0 aromatic heterocycles. The van der Waals surface area contributed by atoms with Crippen LogP contribution in [0.5, 0.6) is 0 Å². The van der Waals surface area contributed by atoms with E-state index < -0.39 is 0 Å². The minimum Gasteiger partial charge on any atom is -0.0622 e. The normalized spacial score (nSPS) is 15.8. The zero-order chi connectivity index (χ0) is 13.5. The highest BCUT2D eigenvalue weighted by atomic mass is 79.9. The van der Waals surface area contributed by atoms with Crippen molar-refractivity contribution in [3.63, 3.8) is 0 Å². The molecule has 0 saturated carbocycles. The molecule has 1 atom stereocenters. The van der Waals surface area contributed by atoms with Gasteiger partial charge in [0.05, 0.1) is 0 Å². The van der Waals surface area contributed by atoms with Crippen molar-refractivity contribution in [3.8, 4) is 11.1 Å². The number of hydrogen-bond acceptors (Lipinski definition) is 0. The maximum absolute atomic E-state index is 3.61. The van der Waals surface area contributed by atoms with Gasteiger partial charge in [-0.1, -0.05) is 76.6 Å². The van der Waals surface area contributed by atoms with Gasteiger partial charge in [0.1, 0.15) is 0 Å². The summed E-state index contributed by atoms with van der Waals surface area (Å²) >= 11 is 3.61. The largest absolute Gasteiger partial charge is 0.0622 e. The average molecular weight is 321 g/mol. The Bertz CT molecular complexity index is 775. The fourth-order valence-electron chi connectivity index (χ4n) is 3.18. The molecule has 0 aliphatic heterocycles. The first-order chi connectivity index (χ1) is 9.84. The van der Waals surface area contributed by atoms with Gasteiger partial charge >= 0.3 is 0 Å². The molecule has 0 radical (unpaired) electrons. The van der Waals surface area contributed by atoms with Gasteiger partial charge in [0.25, 0.3) is 0 Å². The summed E-state index contributed by atoms with van der Waals surface area (Å²) in [7, 11) is 0. The predicted molar refractivity (Wildman–Crippen MR) is 87.0 cm³/mol. The minimum absolute atomic E-state index is 0.347. The molecular weight excluding hydrogens is 308 g/mol. The van der Waals surface area contributed by atoms with E-state index in [2.05, 4.69) is 88.7 Å². The molecule has 3 aromatic rings. The summed E-state index contributed by atoms with van der Waals surface area (Å²) < 4.78 is 1.14. The van der Waals surface area contributed by atoms with E-state index in [1.165, 1.54) is 27.8 Å². The van der Waals surface area contributed by atoms with Crippen LogP contribution in [0, 0.1) is 0 Å². The number of benzene rings is 3. The van der Waals surface area contributed by atoms with Crippen molar-refractivity contribution in [2.45, 2.75) is 5.92 Å². The first-order valence-corrected chi connectivity index (χ1v) is 7.57. The highest BCUT2D eigenvalue weighted by molar-refractivity contribution is 9.10. The van der Waals surface area contributed by atoms with Crippen LogP contribution >= 0.6 is 15.9 Å². The van der Waals surface area contributed by atoms with Crippen molar-refractivity contribution in [2.75, 3.05) is 0 Å². The van der Waals surface area contributed by atoms with Gasteiger partial charge in [-0.15, -0.1) is 0 Å². The van der Waals surface area contributed by atoms with E-state index in [1.54, 1.807) is 0 Å². The second-order valence-electron chi connectivity index (χ2n) is 5.16. The third kappa shape index (κ3) is 1.74.